The number of benzene rings is 2. The first-order chi connectivity index (χ1) is 14.8. The second kappa shape index (κ2) is 9.71. The molecular weight excluding hydrogens is 444 g/mol. The number of rotatable bonds is 9. The molecule has 0 unspecified atom stereocenters. The second-order valence-corrected chi connectivity index (χ2v) is 8.90. The quantitative estimate of drug-likeness (QED) is 0.459. The van der Waals surface area contributed by atoms with Crippen LogP contribution in [0.15, 0.2) is 52.1 Å². The molecule has 31 heavy (non-hydrogen) atoms. The third-order valence-electron chi connectivity index (χ3n) is 3.85. The minimum absolute atomic E-state index is 0.0409. The van der Waals surface area contributed by atoms with Gasteiger partial charge in [0, 0.05) is 17.3 Å². The molecule has 0 spiro atoms. The molecule has 164 valence electrons. The number of methoxy groups -OCH3 is 2. The highest BCUT2D eigenvalue weighted by molar-refractivity contribution is 7.99. The Hall–Kier alpha value is -3.25. The Morgan fingerprint density at radius 3 is 2.48 bits per heavy atom. The first-order valence-corrected chi connectivity index (χ1v) is 11.7. The van der Waals surface area contributed by atoms with Gasteiger partial charge in [-0.05, 0) is 36.4 Å². The van der Waals surface area contributed by atoms with Crippen molar-refractivity contribution in [1.29, 1.82) is 0 Å². The average molecular weight is 465 g/mol. The van der Waals surface area contributed by atoms with Gasteiger partial charge in [-0.3, -0.25) is 9.52 Å². The predicted octanol–water partition coefficient (Wildman–Crippen LogP) is 2.86. The van der Waals surface area contributed by atoms with Crippen LogP contribution in [0.1, 0.15) is 0 Å². The third-order valence-corrected chi connectivity index (χ3v) is 5.27. The summed E-state index contributed by atoms with van der Waals surface area (Å²) < 4.78 is 40.9. The molecule has 0 bridgehead atoms. The zero-order valence-corrected chi connectivity index (χ0v) is 18.5. The lowest BCUT2D eigenvalue weighted by molar-refractivity contribution is -0.113. The number of amides is 1. The summed E-state index contributed by atoms with van der Waals surface area (Å²) in [6.07, 6.45) is 1.07. The molecule has 2 N–H and O–H groups in total. The standard InChI is InChI=1S/C19H20N4O6S2/c1-27-14-8-9-16(28-2)15(10-14)20-17(24)11-30-19-22-21-18(29-19)12-4-6-13(7-5-12)23-31(3,25)26/h4-10,23H,11H2,1-3H3,(H,20,24). The van der Waals surface area contributed by atoms with Gasteiger partial charge < -0.3 is 19.2 Å². The molecule has 0 aliphatic carbocycles. The monoisotopic (exact) mass is 464 g/mol. The molecule has 12 heteroatoms. The second-order valence-electron chi connectivity index (χ2n) is 6.23. The molecule has 0 radical (unpaired) electrons. The minimum atomic E-state index is -3.35. The van der Waals surface area contributed by atoms with Crippen molar-refractivity contribution in [3.63, 3.8) is 0 Å². The molecule has 0 saturated carbocycles. The van der Waals surface area contributed by atoms with Crippen LogP contribution in [0.4, 0.5) is 11.4 Å². The summed E-state index contributed by atoms with van der Waals surface area (Å²) >= 11 is 1.08. The van der Waals surface area contributed by atoms with Gasteiger partial charge in [-0.25, -0.2) is 8.42 Å². The van der Waals surface area contributed by atoms with Crippen molar-refractivity contribution in [3.05, 3.63) is 42.5 Å². The van der Waals surface area contributed by atoms with Gasteiger partial charge in [-0.1, -0.05) is 11.8 Å². The van der Waals surface area contributed by atoms with Gasteiger partial charge in [0.25, 0.3) is 5.22 Å². The lowest BCUT2D eigenvalue weighted by atomic mass is 10.2. The van der Waals surface area contributed by atoms with Gasteiger partial charge in [0.2, 0.25) is 21.8 Å². The maximum atomic E-state index is 12.3. The van der Waals surface area contributed by atoms with Crippen molar-refractivity contribution in [2.45, 2.75) is 5.22 Å². The number of hydrogen-bond acceptors (Lipinski definition) is 9. The van der Waals surface area contributed by atoms with Crippen molar-refractivity contribution in [2.75, 3.05) is 36.3 Å². The zero-order chi connectivity index (χ0) is 22.4. The Bertz CT molecular complexity index is 1160. The summed E-state index contributed by atoms with van der Waals surface area (Å²) in [5.41, 5.74) is 1.52. The van der Waals surface area contributed by atoms with E-state index in [-0.39, 0.29) is 22.8 Å². The van der Waals surface area contributed by atoms with Gasteiger partial charge in [-0.15, -0.1) is 10.2 Å². The molecule has 0 atom stereocenters. The highest BCUT2D eigenvalue weighted by Crippen LogP contribution is 2.29. The van der Waals surface area contributed by atoms with E-state index in [2.05, 4.69) is 20.2 Å². The van der Waals surface area contributed by atoms with Crippen LogP contribution in [0.3, 0.4) is 0 Å². The normalized spacial score (nSPS) is 11.1. The van der Waals surface area contributed by atoms with Crippen LogP contribution in [-0.4, -0.2) is 50.8 Å². The van der Waals surface area contributed by atoms with E-state index in [1.165, 1.54) is 14.2 Å². The van der Waals surface area contributed by atoms with Gasteiger partial charge in [-0.2, -0.15) is 0 Å². The highest BCUT2D eigenvalue weighted by Gasteiger charge is 2.14. The Balaban J connectivity index is 1.60. The maximum absolute atomic E-state index is 12.3. The fourth-order valence-corrected chi connectivity index (χ4v) is 3.63. The average Bonchev–Trinajstić information content (AvgIpc) is 3.20. The molecule has 3 rings (SSSR count). The molecule has 10 nitrogen and oxygen atoms in total. The van der Waals surface area contributed by atoms with Crippen LogP contribution in [0.2, 0.25) is 0 Å². The van der Waals surface area contributed by atoms with E-state index in [0.29, 0.717) is 28.4 Å². The SMILES string of the molecule is COc1ccc(OC)c(NC(=O)CSc2nnc(-c3ccc(NS(C)(=O)=O)cc3)o2)c1. The van der Waals surface area contributed by atoms with Crippen LogP contribution >= 0.6 is 11.8 Å². The van der Waals surface area contributed by atoms with Gasteiger partial charge in [0.15, 0.2) is 0 Å². The summed E-state index contributed by atoms with van der Waals surface area (Å²) in [6.45, 7) is 0. The number of nitrogens with one attached hydrogen (secondary N) is 2. The molecule has 3 aromatic rings. The number of nitrogens with zero attached hydrogens (tertiary/aromatic N) is 2. The fraction of sp³-hybridized carbons (Fsp3) is 0.211. The van der Waals surface area contributed by atoms with Gasteiger partial charge in [0.1, 0.15) is 11.5 Å². The smallest absolute Gasteiger partial charge is 0.277 e. The zero-order valence-electron chi connectivity index (χ0n) is 16.9. The van der Waals surface area contributed by atoms with Crippen molar-refractivity contribution in [1.82, 2.24) is 10.2 Å². The summed E-state index contributed by atoms with van der Waals surface area (Å²) in [4.78, 5) is 12.3. The van der Waals surface area contributed by atoms with Gasteiger partial charge in [0.05, 0.1) is 31.9 Å². The van der Waals surface area contributed by atoms with E-state index >= 15 is 0 Å². The van der Waals surface area contributed by atoms with Crippen molar-refractivity contribution < 1.29 is 27.1 Å². The fourth-order valence-electron chi connectivity index (χ4n) is 2.50. The summed E-state index contributed by atoms with van der Waals surface area (Å²) in [5, 5.41) is 10.9. The van der Waals surface area contributed by atoms with E-state index in [9.17, 15) is 13.2 Å². The third kappa shape index (κ3) is 6.36. The number of anilines is 2. The Morgan fingerprint density at radius 2 is 1.84 bits per heavy atom. The van der Waals surface area contributed by atoms with Crippen LogP contribution in [-0.2, 0) is 14.8 Å². The molecular formula is C19H20N4O6S2. The summed E-state index contributed by atoms with van der Waals surface area (Å²) in [5.74, 6) is 1.10. The Labute approximate surface area is 183 Å². The van der Waals surface area contributed by atoms with E-state index in [0.717, 1.165) is 18.0 Å². The largest absolute Gasteiger partial charge is 0.497 e. The Morgan fingerprint density at radius 1 is 1.10 bits per heavy atom. The number of ether oxygens (including phenoxy) is 2. The molecule has 0 saturated heterocycles. The van der Waals surface area contributed by atoms with E-state index in [4.69, 9.17) is 13.9 Å². The summed E-state index contributed by atoms with van der Waals surface area (Å²) in [6, 6.07) is 11.6. The molecule has 1 amide bonds. The van der Waals surface area contributed by atoms with E-state index in [1.54, 1.807) is 42.5 Å². The Kier molecular flexibility index (Phi) is 7.02. The van der Waals surface area contributed by atoms with Gasteiger partial charge >= 0.3 is 0 Å². The first-order valence-electron chi connectivity index (χ1n) is 8.84. The van der Waals surface area contributed by atoms with E-state index in [1.807, 2.05) is 0 Å². The minimum Gasteiger partial charge on any atom is -0.497 e. The lowest BCUT2D eigenvalue weighted by Crippen LogP contribution is -2.14. The van der Waals surface area contributed by atoms with Crippen molar-refractivity contribution >= 4 is 39.1 Å². The molecule has 0 aliphatic rings. The number of aromatic nitrogens is 2. The van der Waals surface area contributed by atoms with Crippen LogP contribution in [0, 0.1) is 0 Å². The number of sulfonamides is 1. The topological polar surface area (TPSA) is 133 Å². The molecule has 1 heterocycles. The van der Waals surface area contributed by atoms with Crippen molar-refractivity contribution in [2.24, 2.45) is 0 Å². The number of carbonyl (C=O) groups is 1. The first kappa shape index (κ1) is 22.4. The van der Waals surface area contributed by atoms with E-state index < -0.39 is 10.0 Å². The molecule has 0 aliphatic heterocycles. The number of carbonyl (C=O) groups excluding carboxylic acids is 1. The predicted molar refractivity (Wildman–Crippen MR) is 117 cm³/mol. The van der Waals surface area contributed by atoms with Crippen LogP contribution in [0.25, 0.3) is 11.5 Å². The number of hydrogen-bond donors (Lipinski definition) is 2. The molecule has 2 aromatic carbocycles. The highest BCUT2D eigenvalue weighted by atomic mass is 32.2. The van der Waals surface area contributed by atoms with Crippen molar-refractivity contribution in [3.8, 4) is 23.0 Å². The maximum Gasteiger partial charge on any atom is 0.277 e. The lowest BCUT2D eigenvalue weighted by Gasteiger charge is -2.11. The summed E-state index contributed by atoms with van der Waals surface area (Å²) in [7, 11) is -0.311. The number of thioether (sulfide) groups is 1. The van der Waals surface area contributed by atoms with Crippen LogP contribution < -0.4 is 19.5 Å². The van der Waals surface area contributed by atoms with Crippen LogP contribution in [0.5, 0.6) is 11.5 Å². The molecule has 0 fully saturated rings. The molecule has 1 aromatic heterocycles.